The van der Waals surface area contributed by atoms with E-state index in [0.29, 0.717) is 5.92 Å². The molecule has 0 aliphatic carbocycles. The maximum Gasteiger partial charge on any atom is 0.324 e. The zero-order valence-electron chi connectivity index (χ0n) is 11.8. The third-order valence-corrected chi connectivity index (χ3v) is 5.05. The Morgan fingerprint density at radius 1 is 1.40 bits per heavy atom. The average molecular weight is 291 g/mol. The van der Waals surface area contributed by atoms with Gasteiger partial charge in [-0.05, 0) is 37.0 Å². The van der Waals surface area contributed by atoms with Crippen LogP contribution >= 0.6 is 11.8 Å². The van der Waals surface area contributed by atoms with Crippen molar-refractivity contribution in [2.24, 2.45) is 5.92 Å². The van der Waals surface area contributed by atoms with E-state index in [1.165, 1.54) is 6.42 Å². The number of thioether (sulfide) groups is 1. The smallest absolute Gasteiger partial charge is 0.324 e. The Balaban J connectivity index is 1.84. The summed E-state index contributed by atoms with van der Waals surface area (Å²) in [6.07, 6.45) is 2.34. The Kier molecular flexibility index (Phi) is 3.78. The van der Waals surface area contributed by atoms with Crippen LogP contribution in [-0.2, 0) is 0 Å². The fraction of sp³-hybridized carbons (Fsp3) is 0.533. The van der Waals surface area contributed by atoms with Crippen LogP contribution in [0.15, 0.2) is 23.1 Å². The number of hydrogen-bond donors (Lipinski definition) is 1. The molecule has 2 aliphatic heterocycles. The first-order valence-corrected chi connectivity index (χ1v) is 8.22. The molecule has 0 saturated carbocycles. The van der Waals surface area contributed by atoms with Gasteiger partial charge in [0.2, 0.25) is 0 Å². The summed E-state index contributed by atoms with van der Waals surface area (Å²) in [6, 6.07) is 5.99. The van der Waals surface area contributed by atoms with Gasteiger partial charge >= 0.3 is 6.03 Å². The standard InChI is InChI=1S/C15H21N3OS/c1-11-3-2-6-17(10-11)15(19)18-7-8-20-14-5-4-12(16)9-13(14)18/h4-5,9,11H,2-3,6-8,10,16H2,1H3. The van der Waals surface area contributed by atoms with Crippen molar-refractivity contribution in [2.75, 3.05) is 36.0 Å². The minimum absolute atomic E-state index is 0.142. The van der Waals surface area contributed by atoms with Gasteiger partial charge in [0, 0.05) is 36.0 Å². The van der Waals surface area contributed by atoms with Gasteiger partial charge in [-0.3, -0.25) is 4.90 Å². The van der Waals surface area contributed by atoms with Crippen LogP contribution in [0.5, 0.6) is 0 Å². The quantitative estimate of drug-likeness (QED) is 0.747. The second-order valence-corrected chi connectivity index (χ2v) is 6.84. The van der Waals surface area contributed by atoms with Gasteiger partial charge in [-0.2, -0.15) is 0 Å². The van der Waals surface area contributed by atoms with Gasteiger partial charge in [-0.1, -0.05) is 6.92 Å². The van der Waals surface area contributed by atoms with Crippen LogP contribution in [0.3, 0.4) is 0 Å². The predicted octanol–water partition coefficient (Wildman–Crippen LogP) is 3.03. The third-order valence-electron chi connectivity index (χ3n) is 4.00. The largest absolute Gasteiger partial charge is 0.399 e. The van der Waals surface area contributed by atoms with Gasteiger partial charge in [0.1, 0.15) is 0 Å². The Morgan fingerprint density at radius 2 is 2.25 bits per heavy atom. The Labute approximate surface area is 124 Å². The van der Waals surface area contributed by atoms with E-state index >= 15 is 0 Å². The summed E-state index contributed by atoms with van der Waals surface area (Å²) in [6.45, 7) is 4.74. The van der Waals surface area contributed by atoms with Crippen LogP contribution < -0.4 is 10.6 Å². The molecular formula is C15H21N3OS. The van der Waals surface area contributed by atoms with E-state index in [-0.39, 0.29) is 6.03 Å². The number of anilines is 2. The molecule has 3 rings (SSSR count). The van der Waals surface area contributed by atoms with Crippen molar-refractivity contribution < 1.29 is 4.79 Å². The molecule has 1 aromatic carbocycles. The predicted molar refractivity (Wildman–Crippen MR) is 84.3 cm³/mol. The molecule has 2 heterocycles. The van der Waals surface area contributed by atoms with E-state index < -0.39 is 0 Å². The maximum absolute atomic E-state index is 12.8. The van der Waals surface area contributed by atoms with Gasteiger partial charge in [0.05, 0.1) is 5.69 Å². The summed E-state index contributed by atoms with van der Waals surface area (Å²) in [7, 11) is 0. The van der Waals surface area contributed by atoms with Crippen LogP contribution in [0.1, 0.15) is 19.8 Å². The molecule has 1 saturated heterocycles. The molecule has 5 heteroatoms. The molecule has 0 aromatic heterocycles. The highest BCUT2D eigenvalue weighted by atomic mass is 32.2. The number of benzene rings is 1. The average Bonchev–Trinajstić information content (AvgIpc) is 2.46. The number of urea groups is 1. The van der Waals surface area contributed by atoms with E-state index in [1.807, 2.05) is 28.0 Å². The number of likely N-dealkylation sites (tertiary alicyclic amines) is 1. The summed E-state index contributed by atoms with van der Waals surface area (Å²) in [4.78, 5) is 17.8. The fourth-order valence-electron chi connectivity index (χ4n) is 2.97. The number of hydrogen-bond acceptors (Lipinski definition) is 3. The number of carbonyl (C=O) groups excluding carboxylic acids is 1. The molecule has 0 radical (unpaired) electrons. The molecule has 1 aromatic rings. The Hall–Kier alpha value is -1.36. The SMILES string of the molecule is CC1CCCN(C(=O)N2CCSc3ccc(N)cc32)C1. The highest BCUT2D eigenvalue weighted by molar-refractivity contribution is 7.99. The number of rotatable bonds is 0. The number of amides is 2. The number of piperidine rings is 1. The van der Waals surface area contributed by atoms with Gasteiger partial charge in [0.25, 0.3) is 0 Å². The van der Waals surface area contributed by atoms with Crippen molar-refractivity contribution in [1.82, 2.24) is 4.90 Å². The summed E-state index contributed by atoms with van der Waals surface area (Å²) in [5, 5.41) is 0. The van der Waals surface area contributed by atoms with E-state index in [0.717, 1.165) is 48.1 Å². The second-order valence-electron chi connectivity index (χ2n) is 5.70. The molecule has 1 unspecified atom stereocenters. The van der Waals surface area contributed by atoms with Crippen molar-refractivity contribution in [3.05, 3.63) is 18.2 Å². The summed E-state index contributed by atoms with van der Waals surface area (Å²) in [5.74, 6) is 1.55. The summed E-state index contributed by atoms with van der Waals surface area (Å²) >= 11 is 1.80. The Bertz CT molecular complexity index is 520. The molecule has 2 amide bonds. The van der Waals surface area contributed by atoms with Crippen LogP contribution in [0.4, 0.5) is 16.2 Å². The normalized spacial score (nSPS) is 22.6. The zero-order valence-corrected chi connectivity index (χ0v) is 12.7. The van der Waals surface area contributed by atoms with Gasteiger partial charge in [0.15, 0.2) is 0 Å². The lowest BCUT2D eigenvalue weighted by molar-refractivity contribution is 0.176. The van der Waals surface area contributed by atoms with Crippen molar-refractivity contribution in [3.8, 4) is 0 Å². The number of nitrogens with two attached hydrogens (primary N) is 1. The van der Waals surface area contributed by atoms with Crippen LogP contribution in [0, 0.1) is 5.92 Å². The van der Waals surface area contributed by atoms with E-state index in [2.05, 4.69) is 6.92 Å². The second kappa shape index (κ2) is 5.56. The van der Waals surface area contributed by atoms with E-state index in [9.17, 15) is 4.79 Å². The molecule has 0 bridgehead atoms. The van der Waals surface area contributed by atoms with Crippen LogP contribution in [-0.4, -0.2) is 36.3 Å². The first-order valence-electron chi connectivity index (χ1n) is 7.24. The first kappa shape index (κ1) is 13.6. The molecule has 0 spiro atoms. The minimum atomic E-state index is 0.142. The van der Waals surface area contributed by atoms with E-state index in [4.69, 9.17) is 5.73 Å². The molecule has 1 fully saturated rings. The molecular weight excluding hydrogens is 270 g/mol. The fourth-order valence-corrected chi connectivity index (χ4v) is 3.94. The lowest BCUT2D eigenvalue weighted by atomic mass is 10.0. The van der Waals surface area contributed by atoms with Crippen molar-refractivity contribution in [1.29, 1.82) is 0 Å². The third kappa shape index (κ3) is 2.59. The molecule has 20 heavy (non-hydrogen) atoms. The van der Waals surface area contributed by atoms with Crippen LogP contribution in [0.25, 0.3) is 0 Å². The number of nitrogens with zero attached hydrogens (tertiary/aromatic N) is 2. The molecule has 1 atom stereocenters. The minimum Gasteiger partial charge on any atom is -0.399 e. The van der Waals surface area contributed by atoms with Crippen LogP contribution in [0.2, 0.25) is 0 Å². The zero-order chi connectivity index (χ0) is 14.1. The lowest BCUT2D eigenvalue weighted by Crippen LogP contribution is -2.49. The summed E-state index contributed by atoms with van der Waals surface area (Å²) in [5.41, 5.74) is 7.58. The molecule has 4 nitrogen and oxygen atoms in total. The first-order chi connectivity index (χ1) is 9.65. The van der Waals surface area contributed by atoms with Gasteiger partial charge < -0.3 is 10.6 Å². The Morgan fingerprint density at radius 3 is 3.05 bits per heavy atom. The molecule has 2 aliphatic rings. The highest BCUT2D eigenvalue weighted by Crippen LogP contribution is 2.36. The number of fused-ring (bicyclic) bond motifs is 1. The number of nitrogen functional groups attached to an aromatic ring is 1. The van der Waals surface area contributed by atoms with Crippen molar-refractivity contribution in [2.45, 2.75) is 24.7 Å². The molecule has 108 valence electrons. The topological polar surface area (TPSA) is 49.6 Å². The van der Waals surface area contributed by atoms with Gasteiger partial charge in [-0.25, -0.2) is 4.79 Å². The number of carbonyl (C=O) groups is 1. The molecule has 2 N–H and O–H groups in total. The summed E-state index contributed by atoms with van der Waals surface area (Å²) < 4.78 is 0. The maximum atomic E-state index is 12.8. The van der Waals surface area contributed by atoms with Crippen molar-refractivity contribution in [3.63, 3.8) is 0 Å². The monoisotopic (exact) mass is 291 g/mol. The lowest BCUT2D eigenvalue weighted by Gasteiger charge is -2.37. The highest BCUT2D eigenvalue weighted by Gasteiger charge is 2.29. The van der Waals surface area contributed by atoms with Crippen molar-refractivity contribution >= 4 is 29.2 Å². The van der Waals surface area contributed by atoms with Gasteiger partial charge in [-0.15, -0.1) is 11.8 Å². The van der Waals surface area contributed by atoms with E-state index in [1.54, 1.807) is 11.8 Å².